The largest absolute Gasteiger partial charge is 0.360 e. The quantitative estimate of drug-likeness (QED) is 0.821. The minimum absolute atomic E-state index is 0.518. The summed E-state index contributed by atoms with van der Waals surface area (Å²) in [4.78, 5) is 4.84. The maximum atomic E-state index is 5.72. The molecule has 0 radical (unpaired) electrons. The van der Waals surface area contributed by atoms with Gasteiger partial charge in [-0.05, 0) is 37.9 Å². The average molecular weight is 276 g/mol. The van der Waals surface area contributed by atoms with Gasteiger partial charge in [-0.15, -0.1) is 11.8 Å². The van der Waals surface area contributed by atoms with Crippen molar-refractivity contribution in [3.05, 3.63) is 17.0 Å². The summed E-state index contributed by atoms with van der Waals surface area (Å²) < 4.78 is 5.72. The molecule has 1 atom stereocenters. The third-order valence-corrected chi connectivity index (χ3v) is 5.57. The molecule has 1 aliphatic heterocycles. The number of aliphatic imine (C=N–C) groups is 1. The van der Waals surface area contributed by atoms with E-state index >= 15 is 0 Å². The van der Waals surface area contributed by atoms with E-state index in [0.29, 0.717) is 11.8 Å². The number of aromatic nitrogens is 1. The van der Waals surface area contributed by atoms with Gasteiger partial charge in [-0.1, -0.05) is 18.0 Å². The van der Waals surface area contributed by atoms with Gasteiger partial charge in [0.05, 0.1) is 11.3 Å². The van der Waals surface area contributed by atoms with E-state index < -0.39 is 0 Å². The van der Waals surface area contributed by atoms with Crippen LogP contribution in [0.15, 0.2) is 9.52 Å². The Morgan fingerprint density at radius 3 is 2.63 bits per heavy atom. The van der Waals surface area contributed by atoms with Crippen LogP contribution in [-0.2, 0) is 0 Å². The smallest absolute Gasteiger partial charge is 0.150 e. The highest BCUT2D eigenvalue weighted by Gasteiger charge is 2.40. The Morgan fingerprint density at radius 2 is 1.95 bits per heavy atom. The Morgan fingerprint density at radius 1 is 1.16 bits per heavy atom. The maximum absolute atomic E-state index is 5.72. The Kier molecular flexibility index (Phi) is 2.94. The zero-order valence-corrected chi connectivity index (χ0v) is 12.2. The van der Waals surface area contributed by atoms with Crippen molar-refractivity contribution in [1.82, 2.24) is 5.16 Å². The summed E-state index contributed by atoms with van der Waals surface area (Å²) in [6.45, 7) is 0.921. The van der Waals surface area contributed by atoms with E-state index in [9.17, 15) is 0 Å². The number of fused-ring (bicyclic) bond motifs is 1. The van der Waals surface area contributed by atoms with E-state index in [-0.39, 0.29) is 0 Å². The minimum Gasteiger partial charge on any atom is -0.360 e. The first-order valence-electron chi connectivity index (χ1n) is 7.46. The van der Waals surface area contributed by atoms with Gasteiger partial charge in [0.25, 0.3) is 0 Å². The first-order valence-corrected chi connectivity index (χ1v) is 8.69. The summed E-state index contributed by atoms with van der Waals surface area (Å²) >= 11 is 1.75. The van der Waals surface area contributed by atoms with Gasteiger partial charge >= 0.3 is 0 Å². The molecule has 2 fully saturated rings. The molecule has 4 rings (SSSR count). The zero-order chi connectivity index (χ0) is 12.8. The minimum atomic E-state index is 0.518. The van der Waals surface area contributed by atoms with Crippen molar-refractivity contribution in [3.63, 3.8) is 0 Å². The van der Waals surface area contributed by atoms with E-state index in [1.54, 1.807) is 11.8 Å². The molecule has 0 aromatic carbocycles. The van der Waals surface area contributed by atoms with Gasteiger partial charge in [0.2, 0.25) is 0 Å². The molecule has 102 valence electrons. The Hall–Kier alpha value is -0.770. The Balaban J connectivity index is 1.74. The third kappa shape index (κ3) is 1.95. The summed E-state index contributed by atoms with van der Waals surface area (Å²) in [6, 6.07) is 0. The highest BCUT2D eigenvalue weighted by atomic mass is 32.2. The van der Waals surface area contributed by atoms with Gasteiger partial charge in [0.15, 0.2) is 0 Å². The summed E-state index contributed by atoms with van der Waals surface area (Å²) in [5, 5.41) is 5.63. The van der Waals surface area contributed by atoms with Gasteiger partial charge < -0.3 is 4.52 Å². The van der Waals surface area contributed by atoms with Crippen molar-refractivity contribution in [3.8, 4) is 0 Å². The lowest BCUT2D eigenvalue weighted by Gasteiger charge is -2.24. The number of rotatable bonds is 2. The summed E-state index contributed by atoms with van der Waals surface area (Å²) in [5.74, 6) is 3.05. The number of hydrogen-bond donors (Lipinski definition) is 0. The molecule has 4 heteroatoms. The van der Waals surface area contributed by atoms with Crippen LogP contribution in [0.2, 0.25) is 0 Å². The predicted molar refractivity (Wildman–Crippen MR) is 78.1 cm³/mol. The van der Waals surface area contributed by atoms with Crippen molar-refractivity contribution < 1.29 is 4.52 Å². The van der Waals surface area contributed by atoms with E-state index in [2.05, 4.69) is 11.4 Å². The lowest BCUT2D eigenvalue weighted by Crippen LogP contribution is -2.21. The molecule has 0 N–H and O–H groups in total. The van der Waals surface area contributed by atoms with E-state index in [1.165, 1.54) is 49.8 Å². The molecule has 3 aliphatic rings. The van der Waals surface area contributed by atoms with Crippen molar-refractivity contribution in [2.45, 2.75) is 50.4 Å². The van der Waals surface area contributed by atoms with E-state index in [4.69, 9.17) is 9.52 Å². The fourth-order valence-electron chi connectivity index (χ4n) is 3.65. The number of hydrogen-bond acceptors (Lipinski definition) is 4. The SMILES string of the molecule is CSC1=NCC(C2CCCC2)c2noc(C3CC3)c21. The molecule has 2 heterocycles. The second-order valence-electron chi connectivity index (χ2n) is 6.08. The molecule has 1 unspecified atom stereocenters. The highest BCUT2D eigenvalue weighted by molar-refractivity contribution is 8.13. The standard InChI is InChI=1S/C15H20N2OS/c1-19-15-12-13(17-18-14(12)10-6-7-10)11(8-16-15)9-4-2-3-5-9/h9-11H,2-8H2,1H3. The molecule has 1 aromatic rings. The lowest BCUT2D eigenvalue weighted by molar-refractivity contribution is 0.357. The molecule has 1 aromatic heterocycles. The molecule has 0 saturated heterocycles. The van der Waals surface area contributed by atoms with Crippen LogP contribution >= 0.6 is 11.8 Å². The van der Waals surface area contributed by atoms with Crippen LogP contribution in [0.5, 0.6) is 0 Å². The van der Waals surface area contributed by atoms with Crippen LogP contribution in [0.1, 0.15) is 67.4 Å². The summed E-state index contributed by atoms with van der Waals surface area (Å²) in [7, 11) is 0. The van der Waals surface area contributed by atoms with Crippen molar-refractivity contribution in [1.29, 1.82) is 0 Å². The molecule has 2 saturated carbocycles. The van der Waals surface area contributed by atoms with Crippen LogP contribution in [0, 0.1) is 5.92 Å². The second-order valence-corrected chi connectivity index (χ2v) is 6.88. The van der Waals surface area contributed by atoms with Crippen molar-refractivity contribution in [2.24, 2.45) is 10.9 Å². The fourth-order valence-corrected chi connectivity index (χ4v) is 4.27. The van der Waals surface area contributed by atoms with Crippen LogP contribution in [0.4, 0.5) is 0 Å². The first-order chi connectivity index (χ1) is 9.38. The average Bonchev–Trinajstić information content (AvgIpc) is 2.98. The molecular formula is C15H20N2OS. The van der Waals surface area contributed by atoms with Crippen molar-refractivity contribution in [2.75, 3.05) is 12.8 Å². The molecule has 0 bridgehead atoms. The monoisotopic (exact) mass is 276 g/mol. The normalized spacial score (nSPS) is 27.4. The predicted octanol–water partition coefficient (Wildman–Crippen LogP) is 3.95. The summed E-state index contributed by atoms with van der Waals surface area (Å²) in [6.07, 6.45) is 10.1. The molecule has 0 spiro atoms. The van der Waals surface area contributed by atoms with E-state index in [0.717, 1.165) is 23.3 Å². The molecule has 3 nitrogen and oxygen atoms in total. The number of thioether (sulfide) groups is 1. The van der Waals surface area contributed by atoms with Gasteiger partial charge in [-0.2, -0.15) is 0 Å². The molecular weight excluding hydrogens is 256 g/mol. The fraction of sp³-hybridized carbons (Fsp3) is 0.733. The third-order valence-electron chi connectivity index (χ3n) is 4.85. The second kappa shape index (κ2) is 4.65. The van der Waals surface area contributed by atoms with Crippen LogP contribution in [0.3, 0.4) is 0 Å². The molecule has 2 aliphatic carbocycles. The maximum Gasteiger partial charge on any atom is 0.150 e. The van der Waals surface area contributed by atoms with Gasteiger partial charge in [-0.25, -0.2) is 0 Å². The number of nitrogens with zero attached hydrogens (tertiary/aromatic N) is 2. The first kappa shape index (κ1) is 12.0. The van der Waals surface area contributed by atoms with Gasteiger partial charge in [0.1, 0.15) is 10.8 Å². The summed E-state index contributed by atoms with van der Waals surface area (Å²) in [5.41, 5.74) is 2.51. The molecule has 19 heavy (non-hydrogen) atoms. The van der Waals surface area contributed by atoms with E-state index in [1.807, 2.05) is 0 Å². The zero-order valence-electron chi connectivity index (χ0n) is 11.4. The van der Waals surface area contributed by atoms with Crippen LogP contribution < -0.4 is 0 Å². The highest BCUT2D eigenvalue weighted by Crippen LogP contribution is 2.47. The van der Waals surface area contributed by atoms with Crippen molar-refractivity contribution >= 4 is 16.8 Å². The van der Waals surface area contributed by atoms with Crippen LogP contribution in [-0.4, -0.2) is 23.0 Å². The lowest BCUT2D eigenvalue weighted by atomic mass is 9.84. The Labute approximate surface area is 118 Å². The van der Waals surface area contributed by atoms with Gasteiger partial charge in [-0.3, -0.25) is 4.99 Å². The van der Waals surface area contributed by atoms with Crippen LogP contribution in [0.25, 0.3) is 0 Å². The Bertz CT molecular complexity index is 512. The van der Waals surface area contributed by atoms with Gasteiger partial charge in [0, 0.05) is 18.4 Å². The topological polar surface area (TPSA) is 38.4 Å². The molecule has 0 amide bonds.